The number of carbonyl (C=O) groups is 3. The fraction of sp³-hybridized carbons (Fsp3) is 0.0952. The highest BCUT2D eigenvalue weighted by Gasteiger charge is 2.24. The summed E-state index contributed by atoms with van der Waals surface area (Å²) in [5.41, 5.74) is 3.35. The molecule has 1 heterocycles. The van der Waals surface area contributed by atoms with Gasteiger partial charge in [0.2, 0.25) is 5.91 Å². The Balaban J connectivity index is 1.21. The predicted molar refractivity (Wildman–Crippen MR) is 224 cm³/mol. The van der Waals surface area contributed by atoms with Crippen molar-refractivity contribution in [2.24, 2.45) is 0 Å². The minimum atomic E-state index is -0.637. The van der Waals surface area contributed by atoms with Crippen molar-refractivity contribution in [2.45, 2.75) is 10.1 Å². The highest BCUT2D eigenvalue weighted by Crippen LogP contribution is 2.39. The molecule has 0 aliphatic heterocycles. The van der Waals surface area contributed by atoms with Gasteiger partial charge in [0.25, 0.3) is 11.8 Å². The van der Waals surface area contributed by atoms with Crippen LogP contribution in [0.1, 0.15) is 26.7 Å². The average Bonchev–Trinajstić information content (AvgIpc) is 3.68. The molecule has 0 fully saturated rings. The van der Waals surface area contributed by atoms with Gasteiger partial charge in [-0.05, 0) is 72.3 Å². The lowest BCUT2D eigenvalue weighted by atomic mass is 10.1. The molecule has 3 N–H and O–H groups in total. The smallest absolute Gasteiger partial charge is 0.272 e. The Morgan fingerprint density at radius 2 is 1.43 bits per heavy atom. The van der Waals surface area contributed by atoms with E-state index in [0.29, 0.717) is 60.5 Å². The molecule has 10 nitrogen and oxygen atoms in total. The quantitative estimate of drug-likeness (QED) is 0.0732. The van der Waals surface area contributed by atoms with E-state index in [-0.39, 0.29) is 11.6 Å². The second kappa shape index (κ2) is 18.7. The fourth-order valence-electron chi connectivity index (χ4n) is 5.44. The Morgan fingerprint density at radius 1 is 0.768 bits per heavy atom. The van der Waals surface area contributed by atoms with E-state index in [1.807, 2.05) is 35.7 Å². The van der Waals surface area contributed by atoms with Crippen molar-refractivity contribution in [3.63, 3.8) is 0 Å². The summed E-state index contributed by atoms with van der Waals surface area (Å²) in [6.07, 6.45) is 1.50. The lowest BCUT2D eigenvalue weighted by Crippen LogP contribution is -2.30. The topological polar surface area (TPSA) is 128 Å². The molecule has 0 saturated carbocycles. The zero-order valence-corrected chi connectivity index (χ0v) is 33.3. The fourth-order valence-corrected chi connectivity index (χ4v) is 7.68. The van der Waals surface area contributed by atoms with Crippen LogP contribution in [0.5, 0.6) is 17.2 Å². The molecule has 1 atom stereocenters. The zero-order chi connectivity index (χ0) is 39.6. The molecule has 1 aromatic heterocycles. The van der Waals surface area contributed by atoms with Crippen LogP contribution in [0.15, 0.2) is 131 Å². The molecule has 5 aromatic carbocycles. The minimum absolute atomic E-state index is 0.0488. The molecule has 3 amide bonds. The number of carbonyl (C=O) groups excluding carboxylic acids is 3. The summed E-state index contributed by atoms with van der Waals surface area (Å²) in [5.74, 6) is -0.106. The first kappa shape index (κ1) is 39.9. The monoisotopic (exact) mass is 824 g/mol. The van der Waals surface area contributed by atoms with Gasteiger partial charge in [-0.25, -0.2) is 4.98 Å². The van der Waals surface area contributed by atoms with Crippen molar-refractivity contribution in [3.05, 3.63) is 153 Å². The van der Waals surface area contributed by atoms with Crippen molar-refractivity contribution in [3.8, 4) is 28.5 Å². The maximum absolute atomic E-state index is 13.8. The van der Waals surface area contributed by atoms with Crippen molar-refractivity contribution >= 4 is 80.9 Å². The van der Waals surface area contributed by atoms with Crippen LogP contribution in [0.2, 0.25) is 10.0 Å². The third kappa shape index (κ3) is 9.89. The molecule has 0 aliphatic rings. The van der Waals surface area contributed by atoms with E-state index in [4.69, 9.17) is 37.4 Å². The number of anilines is 2. The van der Waals surface area contributed by atoms with E-state index in [9.17, 15) is 14.4 Å². The molecular formula is C42H34Cl2N4O6S2. The maximum Gasteiger partial charge on any atom is 0.272 e. The van der Waals surface area contributed by atoms with Crippen LogP contribution >= 0.6 is 46.3 Å². The highest BCUT2D eigenvalue weighted by atomic mass is 35.5. The second-order valence-electron chi connectivity index (χ2n) is 11.9. The second-order valence-corrected chi connectivity index (χ2v) is 14.7. The molecule has 56 heavy (non-hydrogen) atoms. The van der Waals surface area contributed by atoms with Gasteiger partial charge in [-0.15, -0.1) is 23.1 Å². The standard InChI is InChI=1S/C42H34Cl2N4O6S2/c1-52-35-23-37(54-3)36(53-2)21-27(35)20-33(46-39(49)26-12-8-5-9-13-26)40(50)45-29-15-17-30(18-16-29)56-38(25-10-6-4-7-11-25)41(51)48-42-47-34(24-55-42)31-19-14-28(43)22-32(31)44/h4-24,38H,1-3H3,(H,45,50)(H,46,49)(H,47,48,51)/b33-20-. The van der Waals surface area contributed by atoms with Crippen LogP contribution < -0.4 is 30.2 Å². The lowest BCUT2D eigenvalue weighted by molar-refractivity contribution is -0.116. The summed E-state index contributed by atoms with van der Waals surface area (Å²) < 4.78 is 16.4. The first-order valence-corrected chi connectivity index (χ1v) is 19.4. The van der Waals surface area contributed by atoms with Gasteiger partial charge in [0.05, 0.1) is 32.0 Å². The lowest BCUT2D eigenvalue weighted by Gasteiger charge is -2.17. The van der Waals surface area contributed by atoms with Gasteiger partial charge in [0, 0.05) is 43.7 Å². The summed E-state index contributed by atoms with van der Waals surface area (Å²) >= 11 is 15.1. The minimum Gasteiger partial charge on any atom is -0.496 e. The number of hydrogen-bond donors (Lipinski definition) is 3. The van der Waals surface area contributed by atoms with Crippen LogP contribution in [0.3, 0.4) is 0 Å². The van der Waals surface area contributed by atoms with Crippen LogP contribution in [0.25, 0.3) is 17.3 Å². The molecule has 0 spiro atoms. The maximum atomic E-state index is 13.8. The van der Waals surface area contributed by atoms with Crippen LogP contribution in [-0.2, 0) is 9.59 Å². The summed E-state index contributed by atoms with van der Waals surface area (Å²) in [7, 11) is 4.49. The Hall–Kier alpha value is -5.79. The Labute approximate surface area is 341 Å². The molecule has 0 bridgehead atoms. The number of rotatable bonds is 14. The van der Waals surface area contributed by atoms with Gasteiger partial charge >= 0.3 is 0 Å². The molecular weight excluding hydrogens is 792 g/mol. The number of aromatic nitrogens is 1. The molecule has 6 aromatic rings. The molecule has 0 radical (unpaired) electrons. The predicted octanol–water partition coefficient (Wildman–Crippen LogP) is 10.0. The number of benzene rings is 5. The highest BCUT2D eigenvalue weighted by molar-refractivity contribution is 8.00. The number of ether oxygens (including phenoxy) is 3. The largest absolute Gasteiger partial charge is 0.496 e. The van der Waals surface area contributed by atoms with E-state index < -0.39 is 17.1 Å². The number of nitrogens with zero attached hydrogens (tertiary/aromatic N) is 1. The summed E-state index contributed by atoms with van der Waals surface area (Å²) in [4.78, 5) is 46.2. The van der Waals surface area contributed by atoms with Crippen LogP contribution in [0, 0.1) is 0 Å². The van der Waals surface area contributed by atoms with Crippen molar-refractivity contribution < 1.29 is 28.6 Å². The molecule has 6 rings (SSSR count). The van der Waals surface area contributed by atoms with E-state index in [2.05, 4.69) is 20.9 Å². The van der Waals surface area contributed by atoms with Crippen molar-refractivity contribution in [1.82, 2.24) is 10.3 Å². The first-order chi connectivity index (χ1) is 27.1. The van der Waals surface area contributed by atoms with Gasteiger partial charge in [-0.1, -0.05) is 71.7 Å². The first-order valence-electron chi connectivity index (χ1n) is 16.9. The molecule has 1 unspecified atom stereocenters. The van der Waals surface area contributed by atoms with Gasteiger partial charge in [-0.3, -0.25) is 14.4 Å². The third-order valence-corrected chi connectivity index (χ3v) is 10.8. The molecule has 14 heteroatoms. The van der Waals surface area contributed by atoms with E-state index in [1.165, 1.54) is 50.5 Å². The third-order valence-electron chi connectivity index (χ3n) is 8.21. The van der Waals surface area contributed by atoms with E-state index >= 15 is 0 Å². The van der Waals surface area contributed by atoms with Gasteiger partial charge in [0.1, 0.15) is 16.7 Å². The molecule has 0 aliphatic carbocycles. The number of thiazole rings is 1. The SMILES string of the molecule is COc1cc(OC)c(OC)cc1/C=C(\NC(=O)c1ccccc1)C(=O)Nc1ccc(SC(C(=O)Nc2nc(-c3ccc(Cl)cc3Cl)cs2)c2ccccc2)cc1. The van der Waals surface area contributed by atoms with Crippen molar-refractivity contribution in [2.75, 3.05) is 32.0 Å². The van der Waals surface area contributed by atoms with Crippen LogP contribution in [0.4, 0.5) is 10.8 Å². The zero-order valence-electron chi connectivity index (χ0n) is 30.2. The van der Waals surface area contributed by atoms with E-state index in [1.54, 1.807) is 84.9 Å². The number of methoxy groups -OCH3 is 3. The van der Waals surface area contributed by atoms with Gasteiger partial charge in [-0.2, -0.15) is 0 Å². The number of halogens is 2. The molecule has 284 valence electrons. The van der Waals surface area contributed by atoms with Gasteiger partial charge in [0.15, 0.2) is 16.6 Å². The van der Waals surface area contributed by atoms with Crippen LogP contribution in [-0.4, -0.2) is 44.0 Å². The van der Waals surface area contributed by atoms with Crippen molar-refractivity contribution in [1.29, 1.82) is 0 Å². The summed E-state index contributed by atoms with van der Waals surface area (Å²) in [6, 6.07) is 33.4. The Morgan fingerprint density at radius 3 is 2.09 bits per heavy atom. The number of thioether (sulfide) groups is 1. The Bertz CT molecular complexity index is 2380. The summed E-state index contributed by atoms with van der Waals surface area (Å²) in [6.45, 7) is 0. The van der Waals surface area contributed by atoms with E-state index in [0.717, 1.165) is 10.5 Å². The Kier molecular flexibility index (Phi) is 13.3. The normalized spacial score (nSPS) is 11.6. The summed E-state index contributed by atoms with van der Waals surface area (Å²) in [5, 5.41) is 11.1. The number of nitrogens with one attached hydrogen (secondary N) is 3. The number of hydrogen-bond acceptors (Lipinski definition) is 9. The van der Waals surface area contributed by atoms with Gasteiger partial charge < -0.3 is 30.2 Å². The molecule has 0 saturated heterocycles. The number of amides is 3. The average molecular weight is 826 g/mol.